The Labute approximate surface area is 125 Å². The molecule has 0 spiro atoms. The van der Waals surface area contributed by atoms with Crippen LogP contribution in [0.4, 0.5) is 4.79 Å². The Bertz CT molecular complexity index is 590. The van der Waals surface area contributed by atoms with Gasteiger partial charge in [-0.05, 0) is 11.8 Å². The summed E-state index contributed by atoms with van der Waals surface area (Å²) in [6.45, 7) is 0. The molecule has 0 aliphatic carbocycles. The number of carbonyl (C=O) groups is 2. The highest BCUT2D eigenvalue weighted by atomic mass is 32.2. The van der Waals surface area contributed by atoms with Gasteiger partial charge in [0.15, 0.2) is 10.4 Å². The normalized spacial score (nSPS) is 24.6. The van der Waals surface area contributed by atoms with Gasteiger partial charge >= 0.3 is 6.16 Å². The molecule has 0 bridgehead atoms. The lowest BCUT2D eigenvalue weighted by Gasteiger charge is -2.40. The maximum atomic E-state index is 11.9. The molecule has 0 radical (unpaired) electrons. The lowest BCUT2D eigenvalue weighted by Crippen LogP contribution is -2.61. The quantitative estimate of drug-likeness (QED) is 0.646. The zero-order valence-electron chi connectivity index (χ0n) is 9.88. The van der Waals surface area contributed by atoms with Crippen LogP contribution in [0.25, 0.3) is 0 Å². The lowest BCUT2D eigenvalue weighted by molar-refractivity contribution is -0.161. The minimum Gasteiger partial charge on any atom is -0.449 e. The van der Waals surface area contributed by atoms with E-state index in [2.05, 4.69) is 10.2 Å². The molecule has 1 saturated heterocycles. The molecule has 0 saturated carbocycles. The SMILES string of the molecule is COC1C(=O)N2C(OC(=O)O)=C(Sc3nncs3)S[C@@H]12. The summed E-state index contributed by atoms with van der Waals surface area (Å²) in [7, 11) is 1.44. The third kappa shape index (κ3) is 2.16. The van der Waals surface area contributed by atoms with Gasteiger partial charge in [0.05, 0.1) is 0 Å². The fraction of sp³-hybridized carbons (Fsp3) is 0.333. The largest absolute Gasteiger partial charge is 0.512 e. The zero-order chi connectivity index (χ0) is 14.3. The van der Waals surface area contributed by atoms with Crippen molar-refractivity contribution in [3.8, 4) is 0 Å². The number of carbonyl (C=O) groups excluding carboxylic acids is 1. The molecule has 3 rings (SSSR count). The van der Waals surface area contributed by atoms with Gasteiger partial charge in [-0.1, -0.05) is 23.1 Å². The van der Waals surface area contributed by atoms with Crippen LogP contribution in [-0.4, -0.2) is 50.9 Å². The molecule has 2 aliphatic rings. The van der Waals surface area contributed by atoms with Gasteiger partial charge in [-0.3, -0.25) is 9.69 Å². The van der Waals surface area contributed by atoms with Crippen LogP contribution >= 0.6 is 34.9 Å². The van der Waals surface area contributed by atoms with Gasteiger partial charge in [-0.2, -0.15) is 0 Å². The smallest absolute Gasteiger partial charge is 0.449 e. The molecule has 2 aliphatic heterocycles. The van der Waals surface area contributed by atoms with Crippen molar-refractivity contribution >= 4 is 46.9 Å². The molecular weight excluding hydrogens is 326 g/mol. The van der Waals surface area contributed by atoms with Crippen molar-refractivity contribution in [1.29, 1.82) is 0 Å². The number of nitrogens with zero attached hydrogens (tertiary/aromatic N) is 3. The van der Waals surface area contributed by atoms with E-state index in [1.165, 1.54) is 46.9 Å². The van der Waals surface area contributed by atoms with E-state index < -0.39 is 12.3 Å². The molecular formula is C9H7N3O5S3. The first-order valence-electron chi connectivity index (χ1n) is 5.23. The standard InChI is InChI=1S/C9H7N3O5S3/c1-16-3-4(13)12-5(17-9(14)15)7(19-6(3)12)20-8-11-10-2-18-8/h2-3,6H,1H3,(H,14,15)/t3?,6-/m0/s1. The minimum absolute atomic E-state index is 0.0194. The summed E-state index contributed by atoms with van der Waals surface area (Å²) in [4.78, 5) is 23.9. The summed E-state index contributed by atoms with van der Waals surface area (Å²) in [6, 6.07) is 0. The van der Waals surface area contributed by atoms with Crippen molar-refractivity contribution in [2.75, 3.05) is 7.11 Å². The minimum atomic E-state index is -1.47. The average molecular weight is 333 g/mol. The van der Waals surface area contributed by atoms with Crippen LogP contribution in [0.5, 0.6) is 0 Å². The summed E-state index contributed by atoms with van der Waals surface area (Å²) < 4.78 is 11.0. The summed E-state index contributed by atoms with van der Waals surface area (Å²) in [5.41, 5.74) is 1.57. The molecule has 1 unspecified atom stereocenters. The molecule has 106 valence electrons. The number of fused-ring (bicyclic) bond motifs is 1. The van der Waals surface area contributed by atoms with E-state index in [0.717, 1.165) is 0 Å². The highest BCUT2D eigenvalue weighted by molar-refractivity contribution is 8.23. The first-order chi connectivity index (χ1) is 9.61. The third-order valence-electron chi connectivity index (χ3n) is 2.57. The van der Waals surface area contributed by atoms with E-state index in [1.807, 2.05) is 0 Å². The second-order valence-electron chi connectivity index (χ2n) is 3.64. The highest BCUT2D eigenvalue weighted by Crippen LogP contribution is 2.53. The predicted octanol–water partition coefficient (Wildman–Crippen LogP) is 1.38. The second kappa shape index (κ2) is 5.24. The van der Waals surface area contributed by atoms with Crippen LogP contribution in [0.3, 0.4) is 0 Å². The molecule has 1 fully saturated rings. The Morgan fingerprint density at radius 2 is 2.40 bits per heavy atom. The number of thioether (sulfide) groups is 2. The van der Waals surface area contributed by atoms with E-state index in [9.17, 15) is 9.59 Å². The van der Waals surface area contributed by atoms with Gasteiger partial charge in [0, 0.05) is 7.11 Å². The van der Waals surface area contributed by atoms with E-state index >= 15 is 0 Å². The number of methoxy groups -OCH3 is 1. The number of hydrogen-bond acceptors (Lipinski definition) is 9. The molecule has 1 aromatic heterocycles. The Balaban J connectivity index is 1.87. The number of hydrogen-bond donors (Lipinski definition) is 1. The first kappa shape index (κ1) is 13.7. The molecule has 3 heterocycles. The third-order valence-corrected chi connectivity index (χ3v) is 5.84. The van der Waals surface area contributed by atoms with Crippen LogP contribution in [0.1, 0.15) is 0 Å². The van der Waals surface area contributed by atoms with Crippen molar-refractivity contribution in [2.24, 2.45) is 0 Å². The second-order valence-corrected chi connectivity index (χ2v) is 7.12. The average Bonchev–Trinajstić information content (AvgIpc) is 2.98. The lowest BCUT2D eigenvalue weighted by atomic mass is 10.1. The Kier molecular flexibility index (Phi) is 3.58. The van der Waals surface area contributed by atoms with Crippen molar-refractivity contribution < 1.29 is 24.2 Å². The Morgan fingerprint density at radius 1 is 1.60 bits per heavy atom. The zero-order valence-corrected chi connectivity index (χ0v) is 12.3. The number of rotatable bonds is 4. The fourth-order valence-corrected chi connectivity index (χ4v) is 5.10. The van der Waals surface area contributed by atoms with Gasteiger partial charge < -0.3 is 14.6 Å². The van der Waals surface area contributed by atoms with Gasteiger partial charge in [0.25, 0.3) is 5.91 Å². The molecule has 1 amide bonds. The molecule has 1 aromatic rings. The molecule has 2 atom stereocenters. The first-order valence-corrected chi connectivity index (χ1v) is 7.81. The predicted molar refractivity (Wildman–Crippen MR) is 70.9 cm³/mol. The van der Waals surface area contributed by atoms with Crippen molar-refractivity contribution in [2.45, 2.75) is 15.8 Å². The van der Waals surface area contributed by atoms with Gasteiger partial charge in [0.1, 0.15) is 15.1 Å². The maximum absolute atomic E-state index is 11.9. The van der Waals surface area contributed by atoms with Crippen molar-refractivity contribution in [3.63, 3.8) is 0 Å². The van der Waals surface area contributed by atoms with Gasteiger partial charge in [-0.25, -0.2) is 4.79 Å². The fourth-order valence-electron chi connectivity index (χ4n) is 1.77. The van der Waals surface area contributed by atoms with E-state index in [0.29, 0.717) is 8.58 Å². The number of ether oxygens (including phenoxy) is 2. The van der Waals surface area contributed by atoms with E-state index in [1.54, 1.807) is 5.51 Å². The molecule has 0 aromatic carbocycles. The van der Waals surface area contributed by atoms with Crippen LogP contribution in [-0.2, 0) is 14.3 Å². The number of aromatic nitrogens is 2. The molecule has 1 N–H and O–H groups in total. The monoisotopic (exact) mass is 333 g/mol. The van der Waals surface area contributed by atoms with Crippen LogP contribution in [0.2, 0.25) is 0 Å². The van der Waals surface area contributed by atoms with Crippen LogP contribution in [0, 0.1) is 0 Å². The van der Waals surface area contributed by atoms with Gasteiger partial charge in [-0.15, -0.1) is 10.2 Å². The van der Waals surface area contributed by atoms with E-state index in [-0.39, 0.29) is 17.2 Å². The summed E-state index contributed by atoms with van der Waals surface area (Å²) >= 11 is 3.85. The maximum Gasteiger partial charge on any atom is 0.512 e. The summed E-state index contributed by atoms with van der Waals surface area (Å²) in [5, 5.41) is 16.1. The van der Waals surface area contributed by atoms with Crippen LogP contribution < -0.4 is 0 Å². The van der Waals surface area contributed by atoms with Crippen molar-refractivity contribution in [3.05, 3.63) is 15.6 Å². The number of β-lactam (4-membered cyclic amide) rings is 1. The molecule has 8 nitrogen and oxygen atoms in total. The number of amides is 1. The molecule has 11 heteroatoms. The van der Waals surface area contributed by atoms with E-state index in [4.69, 9.17) is 14.6 Å². The van der Waals surface area contributed by atoms with Gasteiger partial charge in [0.2, 0.25) is 5.88 Å². The summed E-state index contributed by atoms with van der Waals surface area (Å²) in [6.07, 6.45) is -2.05. The van der Waals surface area contributed by atoms with Crippen LogP contribution in [0.15, 0.2) is 20.0 Å². The topological polar surface area (TPSA) is 102 Å². The summed E-state index contributed by atoms with van der Waals surface area (Å²) in [5.74, 6) is -0.292. The highest BCUT2D eigenvalue weighted by Gasteiger charge is 2.56. The van der Waals surface area contributed by atoms with Crippen molar-refractivity contribution in [1.82, 2.24) is 15.1 Å². The Morgan fingerprint density at radius 3 is 3.00 bits per heavy atom. The Hall–Kier alpha value is -1.30. The number of carboxylic acid groups (broad SMARTS) is 1. The molecule has 20 heavy (non-hydrogen) atoms.